The summed E-state index contributed by atoms with van der Waals surface area (Å²) < 4.78 is 40.9. The number of urea groups is 1. The molecule has 1 heterocycles. The van der Waals surface area contributed by atoms with Gasteiger partial charge in [-0.1, -0.05) is 56.9 Å². The van der Waals surface area contributed by atoms with Gasteiger partial charge in [0.25, 0.3) is 0 Å². The molecule has 2 rings (SSSR count). The van der Waals surface area contributed by atoms with Gasteiger partial charge in [0.1, 0.15) is 6.04 Å². The predicted octanol–water partition coefficient (Wildman–Crippen LogP) is 5.48. The Kier molecular flexibility index (Phi) is 9.40. The van der Waals surface area contributed by atoms with Crippen LogP contribution in [0.2, 0.25) is 0 Å². The number of nitrogens with one attached hydrogen (secondary N) is 1. The monoisotopic (exact) mass is 492 g/mol. The maximum Gasteiger partial charge on any atom is 0.408 e. The second-order valence-corrected chi connectivity index (χ2v) is 9.81. The number of alkyl halides is 3. The first-order valence-electron chi connectivity index (χ1n) is 11.3. The van der Waals surface area contributed by atoms with Crippen LogP contribution in [-0.4, -0.2) is 46.2 Å². The second-order valence-electron chi connectivity index (χ2n) is 9.21. The molecule has 5 atom stereocenters. The molecule has 6 nitrogen and oxygen atoms in total. The van der Waals surface area contributed by atoms with Gasteiger partial charge < -0.3 is 10.4 Å². The molecule has 1 aliphatic carbocycles. The zero-order chi connectivity index (χ0) is 24.9. The molecule has 186 valence electrons. The summed E-state index contributed by atoms with van der Waals surface area (Å²) in [5.41, 5.74) is 0. The van der Waals surface area contributed by atoms with Crippen LogP contribution in [0.4, 0.5) is 18.0 Å². The van der Waals surface area contributed by atoms with Gasteiger partial charge in [-0.15, -0.1) is 0 Å². The molecule has 10 heteroatoms. The van der Waals surface area contributed by atoms with Crippen LogP contribution in [0.1, 0.15) is 59.3 Å². The van der Waals surface area contributed by atoms with Crippen molar-refractivity contribution in [1.82, 2.24) is 10.2 Å². The van der Waals surface area contributed by atoms with Crippen molar-refractivity contribution < 1.29 is 32.7 Å². The zero-order valence-electron chi connectivity index (χ0n) is 19.1. The number of likely N-dealkylation sites (tertiary alicyclic amines) is 1. The topological polar surface area (TPSA) is 86.7 Å². The first-order valence-corrected chi connectivity index (χ1v) is 11.7. The molecule has 1 unspecified atom stereocenters. The molecule has 0 aromatic heterocycles. The Morgan fingerprint density at radius 3 is 2.36 bits per heavy atom. The van der Waals surface area contributed by atoms with Crippen LogP contribution < -0.4 is 5.32 Å². The minimum absolute atomic E-state index is 0.00157. The minimum atomic E-state index is -4.69. The lowest BCUT2D eigenvalue weighted by Gasteiger charge is -2.46. The number of rotatable bonds is 8. The van der Waals surface area contributed by atoms with Crippen LogP contribution in [0, 0.1) is 23.7 Å². The number of aliphatic carboxylic acids is 1. The van der Waals surface area contributed by atoms with Crippen molar-refractivity contribution in [3.05, 3.63) is 23.3 Å². The van der Waals surface area contributed by atoms with E-state index in [1.165, 1.54) is 0 Å². The maximum absolute atomic E-state index is 13.6. The van der Waals surface area contributed by atoms with Gasteiger partial charge in [0.2, 0.25) is 5.91 Å². The molecule has 2 aliphatic rings. The standard InChI is InChI=1S/C23H32ClF3N2O4/c1-13(8-7-9-15(3)24)12-14(2)17-18(21(31)32)29(20(17)30)22(33)28-19(23(25,26)27)16-10-5-4-6-11-16/h7-9,13-14,16-19H,4-6,10-12H2,1-3H3,(H,28,33)(H,31,32)/b8-7-,15-9+/t13?,14-,17+,18-,19-/m0/s1. The number of hydrogen-bond acceptors (Lipinski definition) is 3. The molecule has 1 saturated heterocycles. The highest BCUT2D eigenvalue weighted by Crippen LogP contribution is 2.38. The van der Waals surface area contributed by atoms with E-state index in [2.05, 4.69) is 0 Å². The Morgan fingerprint density at radius 2 is 1.85 bits per heavy atom. The van der Waals surface area contributed by atoms with E-state index in [4.69, 9.17) is 11.6 Å². The number of halogens is 4. The molecule has 3 amide bonds. The number of β-lactam (4-membered cyclic amide) rings is 1. The number of allylic oxidation sites excluding steroid dienone is 4. The summed E-state index contributed by atoms with van der Waals surface area (Å²) in [4.78, 5) is 37.7. The number of carbonyl (C=O) groups is 3. The van der Waals surface area contributed by atoms with E-state index < -0.39 is 48.0 Å². The van der Waals surface area contributed by atoms with Crippen molar-refractivity contribution in [2.45, 2.75) is 77.6 Å². The Labute approximate surface area is 197 Å². The highest BCUT2D eigenvalue weighted by molar-refractivity contribution is 6.29. The number of amides is 3. The van der Waals surface area contributed by atoms with E-state index in [0.717, 1.165) is 6.42 Å². The van der Waals surface area contributed by atoms with Crippen LogP contribution in [0.5, 0.6) is 0 Å². The van der Waals surface area contributed by atoms with Gasteiger partial charge in [-0.2, -0.15) is 13.2 Å². The van der Waals surface area contributed by atoms with Crippen LogP contribution in [0.15, 0.2) is 23.3 Å². The largest absolute Gasteiger partial charge is 0.480 e. The lowest BCUT2D eigenvalue weighted by Crippen LogP contribution is -2.71. The summed E-state index contributed by atoms with van der Waals surface area (Å²) in [5.74, 6) is -4.32. The maximum atomic E-state index is 13.6. The van der Waals surface area contributed by atoms with E-state index in [-0.39, 0.29) is 11.8 Å². The third-order valence-corrected chi connectivity index (χ3v) is 6.61. The zero-order valence-corrected chi connectivity index (χ0v) is 19.8. The second kappa shape index (κ2) is 11.4. The Morgan fingerprint density at radius 1 is 1.24 bits per heavy atom. The third kappa shape index (κ3) is 6.98. The normalized spacial score (nSPS) is 25.5. The lowest BCUT2D eigenvalue weighted by atomic mass is 9.75. The quantitative estimate of drug-likeness (QED) is 0.347. The lowest BCUT2D eigenvalue weighted by molar-refractivity contribution is -0.174. The van der Waals surface area contributed by atoms with Crippen molar-refractivity contribution in [3.8, 4) is 0 Å². The highest BCUT2D eigenvalue weighted by Gasteiger charge is 2.58. The van der Waals surface area contributed by atoms with Gasteiger partial charge in [-0.3, -0.25) is 4.79 Å². The minimum Gasteiger partial charge on any atom is -0.480 e. The molecule has 0 bridgehead atoms. The molecule has 2 fully saturated rings. The van der Waals surface area contributed by atoms with Gasteiger partial charge in [0.05, 0.1) is 5.92 Å². The Bertz CT molecular complexity index is 789. The van der Waals surface area contributed by atoms with Crippen molar-refractivity contribution >= 4 is 29.5 Å². The molecule has 1 aliphatic heterocycles. The fourth-order valence-electron chi connectivity index (χ4n) is 4.88. The summed E-state index contributed by atoms with van der Waals surface area (Å²) in [5, 5.41) is 12.2. The van der Waals surface area contributed by atoms with E-state index in [1.807, 2.05) is 18.3 Å². The summed E-state index contributed by atoms with van der Waals surface area (Å²) in [7, 11) is 0. The van der Waals surface area contributed by atoms with Gasteiger partial charge in [0, 0.05) is 5.03 Å². The van der Waals surface area contributed by atoms with E-state index in [0.29, 0.717) is 42.0 Å². The fraction of sp³-hybridized carbons (Fsp3) is 0.696. The van der Waals surface area contributed by atoms with Gasteiger partial charge in [0.15, 0.2) is 6.04 Å². The van der Waals surface area contributed by atoms with E-state index >= 15 is 0 Å². The molecular formula is C23H32ClF3N2O4. The van der Waals surface area contributed by atoms with Crippen molar-refractivity contribution in [2.75, 3.05) is 0 Å². The van der Waals surface area contributed by atoms with Crippen molar-refractivity contribution in [3.63, 3.8) is 0 Å². The summed E-state index contributed by atoms with van der Waals surface area (Å²) in [6.07, 6.45) is 3.88. The summed E-state index contributed by atoms with van der Waals surface area (Å²) in [6.45, 7) is 5.33. The third-order valence-electron chi connectivity index (χ3n) is 6.49. The first kappa shape index (κ1) is 27.2. The van der Waals surface area contributed by atoms with Crippen LogP contribution in [0.25, 0.3) is 0 Å². The summed E-state index contributed by atoms with van der Waals surface area (Å²) >= 11 is 5.77. The van der Waals surface area contributed by atoms with Crippen LogP contribution in [-0.2, 0) is 9.59 Å². The molecule has 0 spiro atoms. The molecule has 0 aromatic rings. The predicted molar refractivity (Wildman–Crippen MR) is 118 cm³/mol. The summed E-state index contributed by atoms with van der Waals surface area (Å²) in [6, 6.07) is -4.89. The molecule has 33 heavy (non-hydrogen) atoms. The van der Waals surface area contributed by atoms with E-state index in [9.17, 15) is 32.7 Å². The van der Waals surface area contributed by atoms with Crippen LogP contribution >= 0.6 is 11.6 Å². The average molecular weight is 493 g/mol. The molecule has 1 saturated carbocycles. The number of carboxylic acids is 1. The molecule has 2 N–H and O–H groups in total. The van der Waals surface area contributed by atoms with Crippen molar-refractivity contribution in [2.24, 2.45) is 23.7 Å². The Balaban J connectivity index is 2.10. The van der Waals surface area contributed by atoms with Crippen molar-refractivity contribution in [1.29, 1.82) is 0 Å². The fourth-order valence-corrected chi connectivity index (χ4v) is 4.96. The van der Waals surface area contributed by atoms with E-state index in [1.54, 1.807) is 26.0 Å². The SMILES string of the molecule is C/C(Cl)=C\C=C/C(C)C[C@H](C)[C@H]1C(=O)N(C(=O)N[C@@H](C2CCCCC2)C(F)(F)F)[C@@H]1C(=O)O. The molecule has 0 radical (unpaired) electrons. The number of carbonyl (C=O) groups excluding carboxylic acids is 2. The number of nitrogens with zero attached hydrogens (tertiary/aromatic N) is 1. The first-order chi connectivity index (χ1) is 15.3. The average Bonchev–Trinajstić information content (AvgIpc) is 2.69. The van der Waals surface area contributed by atoms with Gasteiger partial charge >= 0.3 is 18.2 Å². The van der Waals surface area contributed by atoms with Gasteiger partial charge in [-0.25, -0.2) is 14.5 Å². The Hall–Kier alpha value is -2.03. The van der Waals surface area contributed by atoms with Crippen LogP contribution in [0.3, 0.4) is 0 Å². The number of imide groups is 1. The highest BCUT2D eigenvalue weighted by atomic mass is 35.5. The molecule has 0 aromatic carbocycles. The van der Waals surface area contributed by atoms with Gasteiger partial charge in [-0.05, 0) is 50.0 Å². The molecular weight excluding hydrogens is 461 g/mol. The smallest absolute Gasteiger partial charge is 0.408 e. The number of hydrogen-bond donors (Lipinski definition) is 2. The number of carboxylic acid groups (broad SMARTS) is 1.